The Kier molecular flexibility index (Phi) is 4.86. The Labute approximate surface area is 107 Å². The molecule has 1 aliphatic carbocycles. The summed E-state index contributed by atoms with van der Waals surface area (Å²) in [6, 6.07) is 0. The van der Waals surface area contributed by atoms with E-state index in [-0.39, 0.29) is 5.92 Å². The molecule has 0 spiro atoms. The number of hydrogen-bond donors (Lipinski definition) is 1. The van der Waals surface area contributed by atoms with E-state index in [1.807, 2.05) is 18.7 Å². The predicted molar refractivity (Wildman–Crippen MR) is 69.9 cm³/mol. The molecule has 1 heterocycles. The highest BCUT2D eigenvalue weighted by Gasteiger charge is 2.16. The van der Waals surface area contributed by atoms with Crippen LogP contribution in [0, 0.1) is 0 Å². The number of aromatic nitrogens is 2. The zero-order valence-corrected chi connectivity index (χ0v) is 11.2. The number of nitrogens with two attached hydrogens (primary N) is 1. The lowest BCUT2D eigenvalue weighted by Gasteiger charge is -2.19. The van der Waals surface area contributed by atoms with Gasteiger partial charge in [0.1, 0.15) is 0 Å². The first kappa shape index (κ1) is 12.9. The molecule has 5 heteroatoms. The molecular formula is C12H21N3OS. The lowest BCUT2D eigenvalue weighted by Crippen LogP contribution is -2.09. The molecule has 0 aliphatic heterocycles. The van der Waals surface area contributed by atoms with Gasteiger partial charge in [0.25, 0.3) is 0 Å². The molecule has 1 saturated carbocycles. The van der Waals surface area contributed by atoms with Crippen molar-refractivity contribution in [3.8, 4) is 0 Å². The van der Waals surface area contributed by atoms with Crippen molar-refractivity contribution in [2.45, 2.75) is 55.9 Å². The van der Waals surface area contributed by atoms with Gasteiger partial charge in [-0.15, -0.1) is 0 Å². The van der Waals surface area contributed by atoms with Gasteiger partial charge in [0.05, 0.1) is 5.75 Å². The molecule has 1 unspecified atom stereocenters. The summed E-state index contributed by atoms with van der Waals surface area (Å²) >= 11 is 1.97. The van der Waals surface area contributed by atoms with Gasteiger partial charge in [0, 0.05) is 17.7 Å². The largest absolute Gasteiger partial charge is 0.339 e. The molecule has 0 saturated heterocycles. The zero-order valence-electron chi connectivity index (χ0n) is 10.4. The average molecular weight is 255 g/mol. The highest BCUT2D eigenvalue weighted by molar-refractivity contribution is 7.99. The molecule has 1 aromatic heterocycles. The van der Waals surface area contributed by atoms with Crippen LogP contribution in [0.3, 0.4) is 0 Å². The first-order chi connectivity index (χ1) is 8.29. The fourth-order valence-corrected chi connectivity index (χ4v) is 3.22. The summed E-state index contributed by atoms with van der Waals surface area (Å²) in [5, 5.41) is 4.80. The van der Waals surface area contributed by atoms with Crippen LogP contribution in [-0.2, 0) is 5.75 Å². The number of thioether (sulfide) groups is 1. The van der Waals surface area contributed by atoms with E-state index in [9.17, 15) is 0 Å². The normalized spacial score (nSPS) is 19.4. The highest BCUT2D eigenvalue weighted by atomic mass is 32.2. The lowest BCUT2D eigenvalue weighted by molar-refractivity contribution is 0.357. The second-order valence-electron chi connectivity index (χ2n) is 4.76. The Bertz CT molecular complexity index is 336. The Morgan fingerprint density at radius 3 is 2.88 bits per heavy atom. The second-order valence-corrected chi connectivity index (χ2v) is 6.05. The molecule has 2 N–H and O–H groups in total. The van der Waals surface area contributed by atoms with Crippen molar-refractivity contribution in [3.05, 3.63) is 11.7 Å². The van der Waals surface area contributed by atoms with Gasteiger partial charge in [-0.3, -0.25) is 0 Å². The summed E-state index contributed by atoms with van der Waals surface area (Å²) in [6.45, 7) is 2.56. The lowest BCUT2D eigenvalue weighted by atomic mass is 10.0. The van der Waals surface area contributed by atoms with Crippen LogP contribution in [0.4, 0.5) is 0 Å². The van der Waals surface area contributed by atoms with Crippen molar-refractivity contribution in [1.82, 2.24) is 10.1 Å². The van der Waals surface area contributed by atoms with Crippen LogP contribution in [0.15, 0.2) is 4.52 Å². The van der Waals surface area contributed by atoms with Gasteiger partial charge in [0.2, 0.25) is 5.89 Å². The summed E-state index contributed by atoms with van der Waals surface area (Å²) in [4.78, 5) is 4.39. The summed E-state index contributed by atoms with van der Waals surface area (Å²) in [7, 11) is 0. The van der Waals surface area contributed by atoms with Gasteiger partial charge in [-0.05, 0) is 12.8 Å². The fraction of sp³-hybridized carbons (Fsp3) is 0.833. The van der Waals surface area contributed by atoms with Crippen molar-refractivity contribution >= 4 is 11.8 Å². The van der Waals surface area contributed by atoms with Gasteiger partial charge in [-0.25, -0.2) is 0 Å². The molecule has 96 valence electrons. The van der Waals surface area contributed by atoms with E-state index in [0.717, 1.165) is 16.8 Å². The quantitative estimate of drug-likeness (QED) is 0.876. The maximum atomic E-state index is 5.57. The van der Waals surface area contributed by atoms with E-state index in [4.69, 9.17) is 10.3 Å². The van der Waals surface area contributed by atoms with Crippen LogP contribution in [-0.4, -0.2) is 21.9 Å². The minimum atomic E-state index is 0.163. The maximum absolute atomic E-state index is 5.57. The molecule has 0 aromatic carbocycles. The molecular weight excluding hydrogens is 234 g/mol. The topological polar surface area (TPSA) is 64.9 Å². The molecule has 0 bridgehead atoms. The minimum absolute atomic E-state index is 0.163. The molecule has 4 nitrogen and oxygen atoms in total. The smallest absolute Gasteiger partial charge is 0.230 e. The Morgan fingerprint density at radius 2 is 2.18 bits per heavy atom. The third-order valence-corrected chi connectivity index (χ3v) is 4.63. The molecule has 1 fully saturated rings. The van der Waals surface area contributed by atoms with Crippen LogP contribution in [0.25, 0.3) is 0 Å². The number of rotatable bonds is 5. The summed E-state index contributed by atoms with van der Waals surface area (Å²) < 4.78 is 5.20. The van der Waals surface area contributed by atoms with E-state index in [1.165, 1.54) is 32.1 Å². The Balaban J connectivity index is 1.80. The first-order valence-corrected chi connectivity index (χ1v) is 7.48. The van der Waals surface area contributed by atoms with Crippen LogP contribution in [0.2, 0.25) is 0 Å². The van der Waals surface area contributed by atoms with Gasteiger partial charge < -0.3 is 10.3 Å². The van der Waals surface area contributed by atoms with Crippen molar-refractivity contribution < 1.29 is 4.52 Å². The maximum Gasteiger partial charge on any atom is 0.230 e. The van der Waals surface area contributed by atoms with Crippen LogP contribution in [0.5, 0.6) is 0 Å². The van der Waals surface area contributed by atoms with E-state index in [1.54, 1.807) is 0 Å². The molecule has 17 heavy (non-hydrogen) atoms. The van der Waals surface area contributed by atoms with E-state index in [0.29, 0.717) is 12.4 Å². The standard InChI is InChI=1S/C12H21N3OS/c1-9(7-13)12-14-11(15-16-12)8-17-10-5-3-2-4-6-10/h9-10H,2-8,13H2,1H3. The van der Waals surface area contributed by atoms with Gasteiger partial charge in [0.15, 0.2) is 5.82 Å². The van der Waals surface area contributed by atoms with Crippen molar-refractivity contribution in [2.24, 2.45) is 5.73 Å². The Hall–Kier alpha value is -0.550. The van der Waals surface area contributed by atoms with E-state index < -0.39 is 0 Å². The second kappa shape index (κ2) is 6.40. The van der Waals surface area contributed by atoms with Gasteiger partial charge in [-0.1, -0.05) is 31.3 Å². The third kappa shape index (κ3) is 3.71. The fourth-order valence-electron chi connectivity index (χ4n) is 2.05. The molecule has 0 amide bonds. The highest BCUT2D eigenvalue weighted by Crippen LogP contribution is 2.30. The van der Waals surface area contributed by atoms with E-state index >= 15 is 0 Å². The summed E-state index contributed by atoms with van der Waals surface area (Å²) in [5.41, 5.74) is 5.57. The minimum Gasteiger partial charge on any atom is -0.339 e. The molecule has 1 aromatic rings. The average Bonchev–Trinajstić information content (AvgIpc) is 2.85. The molecule has 0 radical (unpaired) electrons. The first-order valence-electron chi connectivity index (χ1n) is 6.43. The predicted octanol–water partition coefficient (Wildman–Crippen LogP) is 2.70. The SMILES string of the molecule is CC(CN)c1nc(CSC2CCCCC2)no1. The zero-order chi connectivity index (χ0) is 12.1. The van der Waals surface area contributed by atoms with Gasteiger partial charge >= 0.3 is 0 Å². The number of hydrogen-bond acceptors (Lipinski definition) is 5. The summed E-state index contributed by atoms with van der Waals surface area (Å²) in [5.74, 6) is 2.52. The monoisotopic (exact) mass is 255 g/mol. The molecule has 1 atom stereocenters. The third-order valence-electron chi connectivity index (χ3n) is 3.26. The van der Waals surface area contributed by atoms with Crippen LogP contribution >= 0.6 is 11.8 Å². The number of nitrogens with zero attached hydrogens (tertiary/aromatic N) is 2. The Morgan fingerprint density at radius 1 is 1.41 bits per heavy atom. The molecule has 2 rings (SSSR count). The van der Waals surface area contributed by atoms with Crippen molar-refractivity contribution in [1.29, 1.82) is 0 Å². The van der Waals surface area contributed by atoms with Crippen molar-refractivity contribution in [2.75, 3.05) is 6.54 Å². The van der Waals surface area contributed by atoms with Crippen molar-refractivity contribution in [3.63, 3.8) is 0 Å². The van der Waals surface area contributed by atoms with Crippen LogP contribution in [0.1, 0.15) is 56.7 Å². The van der Waals surface area contributed by atoms with E-state index in [2.05, 4.69) is 10.1 Å². The molecule has 1 aliphatic rings. The van der Waals surface area contributed by atoms with Crippen LogP contribution < -0.4 is 5.73 Å². The summed E-state index contributed by atoms with van der Waals surface area (Å²) in [6.07, 6.45) is 6.83. The van der Waals surface area contributed by atoms with Gasteiger partial charge in [-0.2, -0.15) is 16.7 Å².